The summed E-state index contributed by atoms with van der Waals surface area (Å²) in [5.74, 6) is 0.868. The lowest BCUT2D eigenvalue weighted by Crippen LogP contribution is -1.84. The number of hydrogen-bond acceptors (Lipinski definition) is 3. The molecule has 86 valence electrons. The third kappa shape index (κ3) is 4.90. The summed E-state index contributed by atoms with van der Waals surface area (Å²) >= 11 is 3.13. The van der Waals surface area contributed by atoms with Gasteiger partial charge in [0.25, 0.3) is 0 Å². The molecule has 1 nitrogen and oxygen atoms in total. The van der Waals surface area contributed by atoms with Crippen molar-refractivity contribution in [2.45, 2.75) is 18.2 Å². The lowest BCUT2D eigenvalue weighted by molar-refractivity contribution is -0.109. The zero-order chi connectivity index (χ0) is 11.8. The van der Waals surface area contributed by atoms with Crippen molar-refractivity contribution in [2.24, 2.45) is 0 Å². The third-order valence-corrected chi connectivity index (χ3v) is 3.68. The van der Waals surface area contributed by atoms with E-state index in [0.29, 0.717) is 0 Å². The second kappa shape index (κ2) is 7.58. The Bertz CT molecular complexity index is 372. The molecule has 16 heavy (non-hydrogen) atoms. The fourth-order valence-corrected chi connectivity index (χ4v) is 2.41. The Balaban J connectivity index is 2.46. The van der Waals surface area contributed by atoms with Gasteiger partial charge < -0.3 is 0 Å². The van der Waals surface area contributed by atoms with Crippen LogP contribution in [0, 0.1) is 0 Å². The fraction of sp³-hybridized carbons (Fsp3) is 0.308. The molecule has 1 aromatic rings. The van der Waals surface area contributed by atoms with Gasteiger partial charge in [-0.1, -0.05) is 42.1 Å². The topological polar surface area (TPSA) is 17.1 Å². The van der Waals surface area contributed by atoms with Crippen molar-refractivity contribution in [1.29, 1.82) is 0 Å². The molecule has 0 aliphatic carbocycles. The SMILES string of the molecule is CSc1ccccc1C=CCCSC(C)=O. The largest absolute Gasteiger partial charge is 0.288 e. The maximum absolute atomic E-state index is 10.7. The molecule has 0 heterocycles. The van der Waals surface area contributed by atoms with Gasteiger partial charge in [0, 0.05) is 17.6 Å². The number of thioether (sulfide) groups is 2. The van der Waals surface area contributed by atoms with E-state index in [4.69, 9.17) is 0 Å². The molecule has 0 radical (unpaired) electrons. The molecule has 0 bridgehead atoms. The average molecular weight is 252 g/mol. The zero-order valence-electron chi connectivity index (χ0n) is 9.60. The molecular weight excluding hydrogens is 236 g/mol. The van der Waals surface area contributed by atoms with Crippen molar-refractivity contribution < 1.29 is 4.79 Å². The van der Waals surface area contributed by atoms with Crippen molar-refractivity contribution in [2.75, 3.05) is 12.0 Å². The summed E-state index contributed by atoms with van der Waals surface area (Å²) in [7, 11) is 0. The van der Waals surface area contributed by atoms with Crippen LogP contribution in [0.15, 0.2) is 35.2 Å². The van der Waals surface area contributed by atoms with E-state index < -0.39 is 0 Å². The zero-order valence-corrected chi connectivity index (χ0v) is 11.2. The summed E-state index contributed by atoms with van der Waals surface area (Å²) in [6.45, 7) is 1.61. The summed E-state index contributed by atoms with van der Waals surface area (Å²) in [5, 5.41) is 0.193. The van der Waals surface area contributed by atoms with Crippen LogP contribution in [0.1, 0.15) is 18.9 Å². The first kappa shape index (κ1) is 13.4. The van der Waals surface area contributed by atoms with Crippen LogP contribution >= 0.6 is 23.5 Å². The van der Waals surface area contributed by atoms with Gasteiger partial charge in [-0.15, -0.1) is 11.8 Å². The number of benzene rings is 1. The third-order valence-electron chi connectivity index (χ3n) is 2.03. The van der Waals surface area contributed by atoms with Crippen LogP contribution in [0.4, 0.5) is 0 Å². The molecule has 0 saturated carbocycles. The van der Waals surface area contributed by atoms with Crippen molar-refractivity contribution in [3.63, 3.8) is 0 Å². The predicted molar refractivity (Wildman–Crippen MR) is 75.0 cm³/mol. The van der Waals surface area contributed by atoms with Crippen molar-refractivity contribution >= 4 is 34.7 Å². The standard InChI is InChI=1S/C13H16OS2/c1-11(14)16-10-6-5-8-12-7-3-4-9-13(12)15-2/h3-5,7-9H,6,10H2,1-2H3. The molecule has 0 fully saturated rings. The van der Waals surface area contributed by atoms with Gasteiger partial charge in [-0.25, -0.2) is 0 Å². The van der Waals surface area contributed by atoms with Crippen LogP contribution in [0.5, 0.6) is 0 Å². The number of hydrogen-bond donors (Lipinski definition) is 0. The van der Waals surface area contributed by atoms with Gasteiger partial charge in [0.1, 0.15) is 0 Å². The molecule has 0 aromatic heterocycles. The van der Waals surface area contributed by atoms with Gasteiger partial charge in [0.2, 0.25) is 0 Å². The van der Waals surface area contributed by atoms with E-state index >= 15 is 0 Å². The number of carbonyl (C=O) groups is 1. The molecule has 1 aromatic carbocycles. The Hall–Kier alpha value is -0.670. The number of rotatable bonds is 5. The van der Waals surface area contributed by atoms with Crippen LogP contribution in [-0.2, 0) is 4.79 Å². The lowest BCUT2D eigenvalue weighted by atomic mass is 10.2. The highest BCUT2D eigenvalue weighted by Gasteiger charge is 1.95. The smallest absolute Gasteiger partial charge is 0.185 e. The van der Waals surface area contributed by atoms with E-state index in [9.17, 15) is 4.79 Å². The van der Waals surface area contributed by atoms with E-state index in [1.165, 1.54) is 22.2 Å². The number of carbonyl (C=O) groups excluding carboxylic acids is 1. The predicted octanol–water partition coefficient (Wildman–Crippen LogP) is 4.09. The molecular formula is C13H16OS2. The molecule has 0 amide bonds. The maximum Gasteiger partial charge on any atom is 0.185 e. The molecule has 0 aliphatic heterocycles. The average Bonchev–Trinajstić information content (AvgIpc) is 2.29. The second-order valence-corrected chi connectivity index (χ2v) is 5.39. The summed E-state index contributed by atoms with van der Waals surface area (Å²) in [6.07, 6.45) is 7.28. The van der Waals surface area contributed by atoms with E-state index in [1.54, 1.807) is 18.7 Å². The summed E-state index contributed by atoms with van der Waals surface area (Å²) in [4.78, 5) is 12.0. The highest BCUT2D eigenvalue weighted by Crippen LogP contribution is 2.21. The summed E-state index contributed by atoms with van der Waals surface area (Å²) in [6, 6.07) is 8.33. The van der Waals surface area contributed by atoms with E-state index in [0.717, 1.165) is 12.2 Å². The molecule has 0 aliphatic rings. The van der Waals surface area contributed by atoms with Crippen LogP contribution in [0.25, 0.3) is 6.08 Å². The van der Waals surface area contributed by atoms with Crippen LogP contribution in [0.2, 0.25) is 0 Å². The first-order valence-corrected chi connectivity index (χ1v) is 7.38. The maximum atomic E-state index is 10.7. The normalized spacial score (nSPS) is 10.9. The summed E-state index contributed by atoms with van der Waals surface area (Å²) < 4.78 is 0. The minimum absolute atomic E-state index is 0.193. The Kier molecular flexibility index (Phi) is 6.34. The Morgan fingerprint density at radius 3 is 2.81 bits per heavy atom. The van der Waals surface area contributed by atoms with Crippen LogP contribution < -0.4 is 0 Å². The van der Waals surface area contributed by atoms with E-state index in [1.807, 2.05) is 6.07 Å². The molecule has 0 unspecified atom stereocenters. The van der Waals surface area contributed by atoms with Gasteiger partial charge in [-0.3, -0.25) is 4.79 Å². The highest BCUT2D eigenvalue weighted by atomic mass is 32.2. The quantitative estimate of drug-likeness (QED) is 0.580. The summed E-state index contributed by atoms with van der Waals surface area (Å²) in [5.41, 5.74) is 1.25. The van der Waals surface area contributed by atoms with E-state index in [-0.39, 0.29) is 5.12 Å². The Morgan fingerprint density at radius 2 is 2.12 bits per heavy atom. The fourth-order valence-electron chi connectivity index (χ4n) is 1.29. The first-order valence-electron chi connectivity index (χ1n) is 5.17. The minimum Gasteiger partial charge on any atom is -0.288 e. The van der Waals surface area contributed by atoms with Gasteiger partial charge in [-0.2, -0.15) is 0 Å². The van der Waals surface area contributed by atoms with Gasteiger partial charge in [-0.05, 0) is 24.3 Å². The Morgan fingerprint density at radius 1 is 1.38 bits per heavy atom. The van der Waals surface area contributed by atoms with Crippen LogP contribution in [0.3, 0.4) is 0 Å². The minimum atomic E-state index is 0.193. The molecule has 0 N–H and O–H groups in total. The molecule has 1 rings (SSSR count). The number of allylic oxidation sites excluding steroid dienone is 1. The molecule has 0 spiro atoms. The van der Waals surface area contributed by atoms with Gasteiger partial charge >= 0.3 is 0 Å². The van der Waals surface area contributed by atoms with Crippen molar-refractivity contribution in [1.82, 2.24) is 0 Å². The van der Waals surface area contributed by atoms with E-state index in [2.05, 4.69) is 36.6 Å². The van der Waals surface area contributed by atoms with Crippen LogP contribution in [-0.4, -0.2) is 17.1 Å². The monoisotopic (exact) mass is 252 g/mol. The molecule has 0 atom stereocenters. The molecule has 0 saturated heterocycles. The van der Waals surface area contributed by atoms with Gasteiger partial charge in [0.15, 0.2) is 5.12 Å². The highest BCUT2D eigenvalue weighted by molar-refractivity contribution is 8.13. The second-order valence-electron chi connectivity index (χ2n) is 3.27. The molecule has 3 heteroatoms. The Labute approximate surface area is 106 Å². The van der Waals surface area contributed by atoms with Crippen molar-refractivity contribution in [3.05, 3.63) is 35.9 Å². The lowest BCUT2D eigenvalue weighted by Gasteiger charge is -2.01. The van der Waals surface area contributed by atoms with Crippen molar-refractivity contribution in [3.8, 4) is 0 Å². The van der Waals surface area contributed by atoms with Gasteiger partial charge in [0.05, 0.1) is 0 Å². The first-order chi connectivity index (χ1) is 7.74.